The first-order chi connectivity index (χ1) is 10.5. The molecule has 8 heteroatoms. The van der Waals surface area contributed by atoms with Gasteiger partial charge in [0.15, 0.2) is 5.11 Å². The minimum absolute atomic E-state index is 0.0678. The highest BCUT2D eigenvalue weighted by Gasteiger charge is 2.19. The maximum absolute atomic E-state index is 13.9. The van der Waals surface area contributed by atoms with Gasteiger partial charge in [-0.05, 0) is 38.0 Å². The summed E-state index contributed by atoms with van der Waals surface area (Å²) in [5.74, 6) is -2.64. The first-order valence-corrected chi connectivity index (χ1v) is 7.42. The second kappa shape index (κ2) is 7.46. The van der Waals surface area contributed by atoms with Crippen LogP contribution < -0.4 is 10.7 Å². The molecule has 0 bridgehead atoms. The molecule has 0 aromatic heterocycles. The molecule has 0 aliphatic carbocycles. The van der Waals surface area contributed by atoms with Gasteiger partial charge in [0.2, 0.25) is 0 Å². The Morgan fingerprint density at radius 1 is 1.41 bits per heavy atom. The molecule has 0 atom stereocenters. The van der Waals surface area contributed by atoms with Crippen LogP contribution in [0, 0.1) is 11.6 Å². The van der Waals surface area contributed by atoms with Crippen LogP contribution in [0.2, 0.25) is 0 Å². The molecular formula is C14H17F2N3O2S. The molecule has 0 amide bonds. The predicted octanol–water partition coefficient (Wildman–Crippen LogP) is 2.44. The zero-order valence-corrected chi connectivity index (χ0v) is 12.9. The van der Waals surface area contributed by atoms with E-state index in [0.717, 1.165) is 25.5 Å². The van der Waals surface area contributed by atoms with Crippen LogP contribution in [0.25, 0.3) is 0 Å². The Balaban J connectivity index is 2.17. The number of thiocarbonyl (C=S) groups is 1. The van der Waals surface area contributed by atoms with Crippen molar-refractivity contribution < 1.29 is 18.3 Å². The molecule has 1 heterocycles. The molecule has 5 nitrogen and oxygen atoms in total. The third-order valence-corrected chi connectivity index (χ3v) is 3.47. The summed E-state index contributed by atoms with van der Waals surface area (Å²) in [4.78, 5) is 11.6. The molecule has 0 saturated carbocycles. The molecule has 1 aliphatic heterocycles. The van der Waals surface area contributed by atoms with Crippen molar-refractivity contribution in [3.8, 4) is 0 Å². The van der Waals surface area contributed by atoms with Crippen LogP contribution in [0.5, 0.6) is 0 Å². The zero-order chi connectivity index (χ0) is 16.1. The number of nitrogens with zero attached hydrogens (tertiary/aromatic N) is 1. The third kappa shape index (κ3) is 3.89. The minimum atomic E-state index is -0.969. The van der Waals surface area contributed by atoms with Gasteiger partial charge in [-0.15, -0.1) is 0 Å². The van der Waals surface area contributed by atoms with E-state index in [4.69, 9.17) is 17.0 Å². The average molecular weight is 329 g/mol. The molecule has 0 spiro atoms. The summed E-state index contributed by atoms with van der Waals surface area (Å²) in [5, 5.41) is 4.64. The van der Waals surface area contributed by atoms with Crippen LogP contribution in [0.3, 0.4) is 0 Å². The number of carbonyl (C=O) groups excluding carboxylic acids is 1. The highest BCUT2D eigenvalue weighted by molar-refractivity contribution is 7.80. The van der Waals surface area contributed by atoms with Crippen molar-refractivity contribution in [1.82, 2.24) is 10.4 Å². The van der Waals surface area contributed by atoms with E-state index in [1.165, 1.54) is 0 Å². The minimum Gasteiger partial charge on any atom is -0.462 e. The number of nitrogens with one attached hydrogen (secondary N) is 2. The number of halogens is 2. The van der Waals surface area contributed by atoms with Crippen LogP contribution in [0.15, 0.2) is 12.1 Å². The lowest BCUT2D eigenvalue weighted by Gasteiger charge is -2.30. The van der Waals surface area contributed by atoms with Gasteiger partial charge in [-0.25, -0.2) is 19.0 Å². The Kier molecular flexibility index (Phi) is 5.62. The van der Waals surface area contributed by atoms with E-state index in [1.807, 2.05) is 0 Å². The van der Waals surface area contributed by atoms with Crippen LogP contribution in [0.4, 0.5) is 14.5 Å². The maximum Gasteiger partial charge on any atom is 0.341 e. The van der Waals surface area contributed by atoms with Gasteiger partial charge in [0, 0.05) is 19.2 Å². The van der Waals surface area contributed by atoms with Gasteiger partial charge in [0.1, 0.15) is 11.6 Å². The van der Waals surface area contributed by atoms with E-state index in [-0.39, 0.29) is 23.0 Å². The van der Waals surface area contributed by atoms with E-state index < -0.39 is 17.6 Å². The zero-order valence-electron chi connectivity index (χ0n) is 12.1. The van der Waals surface area contributed by atoms with E-state index in [0.29, 0.717) is 12.6 Å². The van der Waals surface area contributed by atoms with E-state index >= 15 is 0 Å². The number of ether oxygens (including phenoxy) is 1. The monoisotopic (exact) mass is 329 g/mol. The molecule has 1 aromatic carbocycles. The lowest BCUT2D eigenvalue weighted by molar-refractivity contribution is 0.0521. The lowest BCUT2D eigenvalue weighted by atomic mass is 10.2. The average Bonchev–Trinajstić information content (AvgIpc) is 2.51. The van der Waals surface area contributed by atoms with Crippen molar-refractivity contribution in [2.24, 2.45) is 0 Å². The summed E-state index contributed by atoms with van der Waals surface area (Å²) in [5.41, 5.74) is 2.67. The molecule has 2 N–H and O–H groups in total. The number of esters is 1. The topological polar surface area (TPSA) is 53.6 Å². The van der Waals surface area contributed by atoms with Gasteiger partial charge in [-0.3, -0.25) is 5.01 Å². The summed E-state index contributed by atoms with van der Waals surface area (Å²) in [6, 6.07) is 1.71. The van der Waals surface area contributed by atoms with Crippen molar-refractivity contribution >= 4 is 29.0 Å². The smallest absolute Gasteiger partial charge is 0.341 e. The summed E-state index contributed by atoms with van der Waals surface area (Å²) < 4.78 is 32.3. The highest BCUT2D eigenvalue weighted by atomic mass is 32.1. The second-order valence-corrected chi connectivity index (χ2v) is 5.12. The number of carbonyl (C=O) groups is 1. The molecule has 0 unspecified atom stereocenters. The number of rotatable bonds is 3. The lowest BCUT2D eigenvalue weighted by Crippen LogP contribution is -2.48. The number of hydrazine groups is 1. The summed E-state index contributed by atoms with van der Waals surface area (Å²) in [7, 11) is 0. The summed E-state index contributed by atoms with van der Waals surface area (Å²) in [6.45, 7) is 3.19. The van der Waals surface area contributed by atoms with Crippen molar-refractivity contribution in [2.75, 3.05) is 25.0 Å². The maximum atomic E-state index is 13.9. The molecule has 1 fully saturated rings. The standard InChI is InChI=1S/C14H17F2N3O2S/c1-2-21-13(20)9-7-12(11(16)8-10(9)15)18-14(22)19-6-4-3-5-17-19/h7-8,17H,2-6H2,1H3,(H,18,22). The number of anilines is 1. The summed E-state index contributed by atoms with van der Waals surface area (Å²) >= 11 is 5.18. The largest absolute Gasteiger partial charge is 0.462 e. The van der Waals surface area contributed by atoms with Gasteiger partial charge >= 0.3 is 5.97 Å². The van der Waals surface area contributed by atoms with E-state index in [1.54, 1.807) is 11.9 Å². The Morgan fingerprint density at radius 2 is 2.18 bits per heavy atom. The van der Waals surface area contributed by atoms with Gasteiger partial charge in [0.05, 0.1) is 17.9 Å². The van der Waals surface area contributed by atoms with Crippen LogP contribution >= 0.6 is 12.2 Å². The fraction of sp³-hybridized carbons (Fsp3) is 0.429. The first-order valence-electron chi connectivity index (χ1n) is 7.01. The first kappa shape index (κ1) is 16.6. The number of hydrogen-bond acceptors (Lipinski definition) is 4. The molecular weight excluding hydrogens is 312 g/mol. The third-order valence-electron chi connectivity index (χ3n) is 3.15. The number of hydrogen-bond donors (Lipinski definition) is 2. The quantitative estimate of drug-likeness (QED) is 0.656. The fourth-order valence-corrected chi connectivity index (χ4v) is 2.32. The fourth-order valence-electron chi connectivity index (χ4n) is 2.05. The molecule has 1 aliphatic rings. The van der Waals surface area contributed by atoms with Crippen molar-refractivity contribution in [3.63, 3.8) is 0 Å². The van der Waals surface area contributed by atoms with E-state index in [2.05, 4.69) is 10.7 Å². The Morgan fingerprint density at radius 3 is 2.82 bits per heavy atom. The van der Waals surface area contributed by atoms with Gasteiger partial charge in [0.25, 0.3) is 0 Å². The SMILES string of the molecule is CCOC(=O)c1cc(NC(=S)N2CCCCN2)c(F)cc1F. The normalized spacial score (nSPS) is 14.6. The Bertz CT molecular complexity index is 577. The molecule has 2 rings (SSSR count). The highest BCUT2D eigenvalue weighted by Crippen LogP contribution is 2.21. The van der Waals surface area contributed by atoms with E-state index in [9.17, 15) is 13.6 Å². The Hall–Kier alpha value is -1.80. The van der Waals surface area contributed by atoms with Crippen LogP contribution in [0.1, 0.15) is 30.1 Å². The molecule has 1 saturated heterocycles. The van der Waals surface area contributed by atoms with Crippen LogP contribution in [-0.2, 0) is 4.74 Å². The van der Waals surface area contributed by atoms with Gasteiger partial charge in [-0.2, -0.15) is 0 Å². The number of benzene rings is 1. The molecule has 120 valence electrons. The second-order valence-electron chi connectivity index (χ2n) is 4.73. The van der Waals surface area contributed by atoms with Crippen molar-refractivity contribution in [3.05, 3.63) is 29.3 Å². The molecule has 22 heavy (non-hydrogen) atoms. The molecule has 0 radical (unpaired) electrons. The predicted molar refractivity (Wildman–Crippen MR) is 82.5 cm³/mol. The van der Waals surface area contributed by atoms with Crippen LogP contribution in [-0.4, -0.2) is 35.8 Å². The molecule has 1 aromatic rings. The van der Waals surface area contributed by atoms with Gasteiger partial charge in [-0.1, -0.05) is 0 Å². The van der Waals surface area contributed by atoms with Crippen molar-refractivity contribution in [1.29, 1.82) is 0 Å². The van der Waals surface area contributed by atoms with Crippen molar-refractivity contribution in [2.45, 2.75) is 19.8 Å². The Labute approximate surface area is 132 Å². The van der Waals surface area contributed by atoms with Gasteiger partial charge < -0.3 is 10.1 Å². The summed E-state index contributed by atoms with van der Waals surface area (Å²) in [6.07, 6.45) is 2.01.